The second kappa shape index (κ2) is 4.32. The fourth-order valence-electron chi connectivity index (χ4n) is 0.853. The maximum absolute atomic E-state index is 11.0. The minimum absolute atomic E-state index is 0.184. The summed E-state index contributed by atoms with van der Waals surface area (Å²) in [7, 11) is 0. The number of carbonyl (C=O) groups excluding carboxylic acids is 1. The summed E-state index contributed by atoms with van der Waals surface area (Å²) < 4.78 is 4.79. The fourth-order valence-corrected chi connectivity index (χ4v) is 0.853. The van der Waals surface area contributed by atoms with Crippen LogP contribution in [0.2, 0.25) is 0 Å². The first kappa shape index (κ1) is 10.1. The lowest BCUT2D eigenvalue weighted by atomic mass is 10.3. The monoisotopic (exact) mass is 194 g/mol. The van der Waals surface area contributed by atoms with Gasteiger partial charge in [-0.2, -0.15) is 0 Å². The van der Waals surface area contributed by atoms with E-state index in [0.717, 1.165) is 6.07 Å². The minimum atomic E-state index is -0.530. The third-order valence-electron chi connectivity index (χ3n) is 1.47. The van der Waals surface area contributed by atoms with Gasteiger partial charge in [-0.25, -0.2) is 4.79 Å². The van der Waals surface area contributed by atoms with Gasteiger partial charge in [0.25, 0.3) is 0 Å². The summed E-state index contributed by atoms with van der Waals surface area (Å²) in [5.74, 6) is -0.924. The molecule has 1 rings (SSSR count). The smallest absolute Gasteiger partial charge is 0.335 e. The summed E-state index contributed by atoms with van der Waals surface area (Å²) in [6.45, 7) is 1.69. The van der Waals surface area contributed by atoms with Crippen molar-refractivity contribution in [2.45, 2.75) is 6.92 Å². The maximum atomic E-state index is 11.0. The highest BCUT2D eigenvalue weighted by molar-refractivity contribution is 5.84. The van der Waals surface area contributed by atoms with Gasteiger partial charge < -0.3 is 14.9 Å². The maximum Gasteiger partial charge on any atom is 0.335 e. The molecule has 0 aliphatic rings. The number of phenols is 2. The zero-order chi connectivity index (χ0) is 10.6. The number of hydrogen-bond donors (Lipinski definition) is 2. The van der Waals surface area contributed by atoms with Crippen LogP contribution in [0.5, 0.6) is 17.2 Å². The molecule has 0 radical (unpaired) electrons. The van der Waals surface area contributed by atoms with Crippen molar-refractivity contribution in [3.05, 3.63) is 30.4 Å². The molecular formula is C10H10O4. The van der Waals surface area contributed by atoms with Crippen molar-refractivity contribution in [3.63, 3.8) is 0 Å². The molecule has 0 atom stereocenters. The van der Waals surface area contributed by atoms with Gasteiger partial charge in [0.1, 0.15) is 5.75 Å². The van der Waals surface area contributed by atoms with Crippen molar-refractivity contribution in [3.8, 4) is 17.2 Å². The summed E-state index contributed by atoms with van der Waals surface area (Å²) >= 11 is 0. The van der Waals surface area contributed by atoms with Crippen LogP contribution in [0.4, 0.5) is 0 Å². The second-order valence-electron chi connectivity index (χ2n) is 2.57. The van der Waals surface area contributed by atoms with E-state index in [4.69, 9.17) is 14.9 Å². The number of esters is 1. The molecule has 0 amide bonds. The SMILES string of the molecule is C/C=C/C(=O)Oc1ccc(O)c(O)c1. The van der Waals surface area contributed by atoms with Crippen molar-refractivity contribution >= 4 is 5.97 Å². The van der Waals surface area contributed by atoms with Gasteiger partial charge in [0, 0.05) is 12.1 Å². The van der Waals surface area contributed by atoms with Crippen molar-refractivity contribution in [2.75, 3.05) is 0 Å². The van der Waals surface area contributed by atoms with Crippen LogP contribution in [0.3, 0.4) is 0 Å². The van der Waals surface area contributed by atoms with E-state index >= 15 is 0 Å². The average molecular weight is 194 g/mol. The summed E-state index contributed by atoms with van der Waals surface area (Å²) in [5, 5.41) is 18.1. The molecular weight excluding hydrogens is 184 g/mol. The molecule has 0 bridgehead atoms. The van der Waals surface area contributed by atoms with E-state index in [1.54, 1.807) is 13.0 Å². The molecule has 4 nitrogen and oxygen atoms in total. The summed E-state index contributed by atoms with van der Waals surface area (Å²) in [6.07, 6.45) is 2.80. The first-order valence-electron chi connectivity index (χ1n) is 4.00. The number of hydrogen-bond acceptors (Lipinski definition) is 4. The molecule has 74 valence electrons. The van der Waals surface area contributed by atoms with Gasteiger partial charge in [-0.3, -0.25) is 0 Å². The zero-order valence-electron chi connectivity index (χ0n) is 7.60. The number of ether oxygens (including phenoxy) is 1. The Balaban J connectivity index is 2.78. The van der Waals surface area contributed by atoms with Crippen molar-refractivity contribution in [1.29, 1.82) is 0 Å². The molecule has 0 heterocycles. The van der Waals surface area contributed by atoms with E-state index in [0.29, 0.717) is 0 Å². The van der Waals surface area contributed by atoms with E-state index in [2.05, 4.69) is 0 Å². The molecule has 1 aromatic rings. The summed E-state index contributed by atoms with van der Waals surface area (Å²) in [6, 6.07) is 3.79. The number of allylic oxidation sites excluding steroid dienone is 1. The zero-order valence-corrected chi connectivity index (χ0v) is 7.60. The molecule has 0 aromatic heterocycles. The predicted octanol–water partition coefficient (Wildman–Crippen LogP) is 1.58. The summed E-state index contributed by atoms with van der Waals surface area (Å²) in [5.41, 5.74) is 0. The van der Waals surface area contributed by atoms with Crippen LogP contribution in [-0.4, -0.2) is 16.2 Å². The van der Waals surface area contributed by atoms with E-state index in [1.807, 2.05) is 0 Å². The van der Waals surface area contributed by atoms with E-state index in [9.17, 15) is 4.79 Å². The van der Waals surface area contributed by atoms with Crippen LogP contribution in [0, 0.1) is 0 Å². The first-order valence-corrected chi connectivity index (χ1v) is 4.00. The molecule has 0 unspecified atom stereocenters. The quantitative estimate of drug-likeness (QED) is 0.324. The number of aromatic hydroxyl groups is 2. The highest BCUT2D eigenvalue weighted by Crippen LogP contribution is 2.28. The minimum Gasteiger partial charge on any atom is -0.504 e. The molecule has 0 saturated heterocycles. The normalized spacial score (nSPS) is 10.4. The highest BCUT2D eigenvalue weighted by Gasteiger charge is 2.03. The Kier molecular flexibility index (Phi) is 3.12. The Morgan fingerprint density at radius 1 is 1.36 bits per heavy atom. The van der Waals surface area contributed by atoms with Crippen LogP contribution in [0.25, 0.3) is 0 Å². The second-order valence-corrected chi connectivity index (χ2v) is 2.57. The molecule has 0 aliphatic heterocycles. The lowest BCUT2D eigenvalue weighted by molar-refractivity contribution is -0.129. The first-order chi connectivity index (χ1) is 6.63. The lowest BCUT2D eigenvalue weighted by Gasteiger charge is -2.02. The van der Waals surface area contributed by atoms with Crippen LogP contribution in [0.15, 0.2) is 30.4 Å². The largest absolute Gasteiger partial charge is 0.504 e. The van der Waals surface area contributed by atoms with Gasteiger partial charge >= 0.3 is 5.97 Å². The highest BCUT2D eigenvalue weighted by atomic mass is 16.5. The Labute approximate surface area is 81.1 Å². The fraction of sp³-hybridized carbons (Fsp3) is 0.100. The Hall–Kier alpha value is -1.97. The molecule has 14 heavy (non-hydrogen) atoms. The van der Waals surface area contributed by atoms with Crippen molar-refractivity contribution in [2.24, 2.45) is 0 Å². The van der Waals surface area contributed by atoms with E-state index < -0.39 is 5.97 Å². The van der Waals surface area contributed by atoms with E-state index in [-0.39, 0.29) is 17.2 Å². The number of rotatable bonds is 2. The third-order valence-corrected chi connectivity index (χ3v) is 1.47. The third kappa shape index (κ3) is 2.52. The Morgan fingerprint density at radius 2 is 2.07 bits per heavy atom. The average Bonchev–Trinajstić information content (AvgIpc) is 2.12. The van der Waals surface area contributed by atoms with Gasteiger partial charge in [0.2, 0.25) is 0 Å². The molecule has 0 saturated carbocycles. The van der Waals surface area contributed by atoms with Crippen LogP contribution in [0.1, 0.15) is 6.92 Å². The Bertz CT molecular complexity index is 368. The molecule has 1 aromatic carbocycles. The van der Waals surface area contributed by atoms with Crippen molar-refractivity contribution in [1.82, 2.24) is 0 Å². The standard InChI is InChI=1S/C10H10O4/c1-2-3-10(13)14-7-4-5-8(11)9(12)6-7/h2-6,11-12H,1H3/b3-2+. The van der Waals surface area contributed by atoms with E-state index in [1.165, 1.54) is 18.2 Å². The van der Waals surface area contributed by atoms with Gasteiger partial charge in [-0.05, 0) is 19.1 Å². The van der Waals surface area contributed by atoms with Gasteiger partial charge in [-0.15, -0.1) is 0 Å². The van der Waals surface area contributed by atoms with Crippen molar-refractivity contribution < 1.29 is 19.7 Å². The molecule has 0 spiro atoms. The molecule has 2 N–H and O–H groups in total. The van der Waals surface area contributed by atoms with Gasteiger partial charge in [-0.1, -0.05) is 6.08 Å². The van der Waals surface area contributed by atoms with Crippen LogP contribution < -0.4 is 4.74 Å². The van der Waals surface area contributed by atoms with Gasteiger partial charge in [0.15, 0.2) is 11.5 Å². The number of benzene rings is 1. The predicted molar refractivity (Wildman–Crippen MR) is 50.2 cm³/mol. The number of phenolic OH excluding ortho intramolecular Hbond substituents is 2. The van der Waals surface area contributed by atoms with Gasteiger partial charge in [0.05, 0.1) is 0 Å². The topological polar surface area (TPSA) is 66.8 Å². The van der Waals surface area contributed by atoms with Crippen LogP contribution >= 0.6 is 0 Å². The molecule has 4 heteroatoms. The molecule has 0 aliphatic carbocycles. The lowest BCUT2D eigenvalue weighted by Crippen LogP contribution is -2.03. The van der Waals surface area contributed by atoms with Crippen LogP contribution in [-0.2, 0) is 4.79 Å². The molecule has 0 fully saturated rings. The number of carbonyl (C=O) groups is 1. The summed E-state index contributed by atoms with van der Waals surface area (Å²) in [4.78, 5) is 11.0. The Morgan fingerprint density at radius 3 is 2.64 bits per heavy atom.